The third-order valence-corrected chi connectivity index (χ3v) is 5.45. The molecule has 1 N–H and O–H groups in total. The third kappa shape index (κ3) is 2.84. The van der Waals surface area contributed by atoms with Gasteiger partial charge in [-0.05, 0) is 25.0 Å². The highest BCUT2D eigenvalue weighted by molar-refractivity contribution is 5.74. The van der Waals surface area contributed by atoms with E-state index in [-0.39, 0.29) is 6.10 Å². The molecule has 28 heavy (non-hydrogen) atoms. The maximum Gasteiger partial charge on any atom is 0.180 e. The molecular weight excluding hydrogens is 352 g/mol. The molecule has 0 spiro atoms. The van der Waals surface area contributed by atoms with E-state index in [9.17, 15) is 5.11 Å². The molecule has 0 amide bonds. The van der Waals surface area contributed by atoms with Crippen molar-refractivity contribution in [3.63, 3.8) is 0 Å². The quantitative estimate of drug-likeness (QED) is 0.597. The second kappa shape index (κ2) is 6.76. The monoisotopic (exact) mass is 374 g/mol. The van der Waals surface area contributed by atoms with E-state index in [4.69, 9.17) is 0 Å². The second-order valence-electron chi connectivity index (χ2n) is 7.23. The first-order valence-corrected chi connectivity index (χ1v) is 9.54. The van der Waals surface area contributed by atoms with Crippen molar-refractivity contribution < 1.29 is 5.11 Å². The van der Waals surface area contributed by atoms with Crippen LogP contribution in [0.25, 0.3) is 28.2 Å². The molecule has 1 fully saturated rings. The van der Waals surface area contributed by atoms with Gasteiger partial charge in [-0.1, -0.05) is 18.2 Å². The number of aromatic nitrogens is 5. The highest BCUT2D eigenvalue weighted by Crippen LogP contribution is 2.29. The topological polar surface area (TPSA) is 71.5 Å². The molecule has 0 radical (unpaired) electrons. The molecule has 4 heterocycles. The van der Waals surface area contributed by atoms with Crippen molar-refractivity contribution in [2.24, 2.45) is 7.05 Å². The van der Waals surface area contributed by atoms with Crippen molar-refractivity contribution in [2.45, 2.75) is 18.9 Å². The number of nitrogens with zero attached hydrogens (tertiary/aromatic N) is 6. The minimum absolute atomic E-state index is 0.207. The van der Waals surface area contributed by atoms with Crippen LogP contribution in [0.3, 0.4) is 0 Å². The Bertz CT molecular complexity index is 1120. The van der Waals surface area contributed by atoms with Crippen LogP contribution in [-0.2, 0) is 7.05 Å². The molecule has 0 saturated carbocycles. The van der Waals surface area contributed by atoms with E-state index >= 15 is 0 Å². The fourth-order valence-corrected chi connectivity index (χ4v) is 3.91. The Hall–Kier alpha value is -3.19. The summed E-state index contributed by atoms with van der Waals surface area (Å²) >= 11 is 0. The molecule has 1 aliphatic rings. The summed E-state index contributed by atoms with van der Waals surface area (Å²) in [4.78, 5) is 11.5. The first-order valence-electron chi connectivity index (χ1n) is 9.54. The zero-order chi connectivity index (χ0) is 19.1. The summed E-state index contributed by atoms with van der Waals surface area (Å²) in [5, 5.41) is 14.1. The van der Waals surface area contributed by atoms with Crippen molar-refractivity contribution in [1.29, 1.82) is 0 Å². The van der Waals surface area contributed by atoms with Gasteiger partial charge in [0.1, 0.15) is 0 Å². The molecule has 7 heteroatoms. The standard InChI is InChI=1S/C21H22N6O/c1-25-18(5-8-24-25)15-3-2-4-16(13-15)19-14-23-21-20(22-9-12-27(19)21)26-10-6-17(28)7-11-26/h2-5,8-9,12-14,17,28H,6-7,10-11H2,1H3. The molecule has 1 aromatic carbocycles. The number of rotatable bonds is 3. The number of fused-ring (bicyclic) bond motifs is 1. The van der Waals surface area contributed by atoms with Crippen LogP contribution in [-0.4, -0.2) is 48.4 Å². The highest BCUT2D eigenvalue weighted by atomic mass is 16.3. The lowest BCUT2D eigenvalue weighted by molar-refractivity contribution is 0.145. The fraction of sp³-hybridized carbons (Fsp3) is 0.286. The van der Waals surface area contributed by atoms with Crippen LogP contribution in [0.15, 0.2) is 55.1 Å². The van der Waals surface area contributed by atoms with Gasteiger partial charge in [0.15, 0.2) is 11.5 Å². The smallest absolute Gasteiger partial charge is 0.180 e. The van der Waals surface area contributed by atoms with Crippen LogP contribution >= 0.6 is 0 Å². The zero-order valence-electron chi connectivity index (χ0n) is 15.7. The molecular formula is C21H22N6O. The number of piperidine rings is 1. The van der Waals surface area contributed by atoms with Crippen LogP contribution in [0.1, 0.15) is 12.8 Å². The van der Waals surface area contributed by atoms with Gasteiger partial charge in [-0.2, -0.15) is 5.10 Å². The van der Waals surface area contributed by atoms with E-state index in [1.165, 1.54) is 0 Å². The normalized spacial score (nSPS) is 15.4. The number of anilines is 1. The summed E-state index contributed by atoms with van der Waals surface area (Å²) in [5.41, 5.74) is 5.16. The average molecular weight is 374 g/mol. The SMILES string of the molecule is Cn1nccc1-c1cccc(-c2cnc3c(N4CCC(O)CC4)nccn23)c1. The van der Waals surface area contributed by atoms with Gasteiger partial charge >= 0.3 is 0 Å². The summed E-state index contributed by atoms with van der Waals surface area (Å²) in [5.74, 6) is 0.878. The number of hydrogen-bond acceptors (Lipinski definition) is 5. The Morgan fingerprint density at radius 1 is 1.00 bits per heavy atom. The number of imidazole rings is 1. The van der Waals surface area contributed by atoms with E-state index < -0.39 is 0 Å². The molecule has 1 aliphatic heterocycles. The van der Waals surface area contributed by atoms with Gasteiger partial charge in [0, 0.05) is 49.9 Å². The maximum absolute atomic E-state index is 9.79. The second-order valence-corrected chi connectivity index (χ2v) is 7.23. The van der Waals surface area contributed by atoms with Gasteiger partial charge in [-0.15, -0.1) is 0 Å². The minimum Gasteiger partial charge on any atom is -0.393 e. The Balaban J connectivity index is 1.56. The molecule has 0 aliphatic carbocycles. The minimum atomic E-state index is -0.207. The number of aryl methyl sites for hydroxylation is 1. The van der Waals surface area contributed by atoms with Gasteiger partial charge in [0.2, 0.25) is 0 Å². The van der Waals surface area contributed by atoms with E-state index in [0.717, 1.165) is 59.9 Å². The molecule has 1 saturated heterocycles. The van der Waals surface area contributed by atoms with Gasteiger partial charge in [-0.25, -0.2) is 9.97 Å². The highest BCUT2D eigenvalue weighted by Gasteiger charge is 2.21. The lowest BCUT2D eigenvalue weighted by atomic mass is 10.1. The predicted octanol–water partition coefficient (Wildman–Crippen LogP) is 2.76. The van der Waals surface area contributed by atoms with E-state index in [1.807, 2.05) is 42.6 Å². The van der Waals surface area contributed by atoms with Crippen molar-refractivity contribution in [3.05, 3.63) is 55.1 Å². The Kier molecular flexibility index (Phi) is 4.09. The average Bonchev–Trinajstić information content (AvgIpc) is 3.35. The van der Waals surface area contributed by atoms with Crippen molar-refractivity contribution in [3.8, 4) is 22.5 Å². The number of aliphatic hydroxyl groups excluding tert-OH is 1. The van der Waals surface area contributed by atoms with Gasteiger partial charge in [-0.3, -0.25) is 9.08 Å². The van der Waals surface area contributed by atoms with Gasteiger partial charge < -0.3 is 10.0 Å². The van der Waals surface area contributed by atoms with Crippen molar-refractivity contribution >= 4 is 11.5 Å². The summed E-state index contributed by atoms with van der Waals surface area (Å²) in [6, 6.07) is 10.4. The van der Waals surface area contributed by atoms with Crippen LogP contribution in [0.4, 0.5) is 5.82 Å². The van der Waals surface area contributed by atoms with Crippen LogP contribution in [0.2, 0.25) is 0 Å². The van der Waals surface area contributed by atoms with Gasteiger partial charge in [0.05, 0.1) is 23.7 Å². The number of hydrogen-bond donors (Lipinski definition) is 1. The summed E-state index contributed by atoms with van der Waals surface area (Å²) in [6.45, 7) is 1.60. The Morgan fingerprint density at radius 2 is 1.79 bits per heavy atom. The Morgan fingerprint density at radius 3 is 2.54 bits per heavy atom. The lowest BCUT2D eigenvalue weighted by Gasteiger charge is -2.30. The van der Waals surface area contributed by atoms with E-state index in [0.29, 0.717) is 0 Å². The largest absolute Gasteiger partial charge is 0.393 e. The van der Waals surface area contributed by atoms with E-state index in [1.54, 1.807) is 0 Å². The molecule has 0 bridgehead atoms. The van der Waals surface area contributed by atoms with Crippen LogP contribution in [0.5, 0.6) is 0 Å². The number of aliphatic hydroxyl groups is 1. The number of benzene rings is 1. The maximum atomic E-state index is 9.79. The first-order chi connectivity index (χ1) is 13.7. The van der Waals surface area contributed by atoms with E-state index in [2.05, 4.69) is 48.6 Å². The first kappa shape index (κ1) is 16.9. The molecule has 0 atom stereocenters. The molecule has 7 nitrogen and oxygen atoms in total. The molecule has 3 aromatic heterocycles. The molecule has 142 valence electrons. The summed E-state index contributed by atoms with van der Waals surface area (Å²) in [7, 11) is 1.95. The predicted molar refractivity (Wildman–Crippen MR) is 108 cm³/mol. The van der Waals surface area contributed by atoms with Crippen molar-refractivity contribution in [1.82, 2.24) is 24.1 Å². The van der Waals surface area contributed by atoms with Crippen LogP contribution in [0, 0.1) is 0 Å². The third-order valence-electron chi connectivity index (χ3n) is 5.45. The molecule has 0 unspecified atom stereocenters. The molecule has 5 rings (SSSR count). The zero-order valence-corrected chi connectivity index (χ0v) is 15.7. The van der Waals surface area contributed by atoms with Gasteiger partial charge in [0.25, 0.3) is 0 Å². The molecule has 4 aromatic rings. The summed E-state index contributed by atoms with van der Waals surface area (Å²) in [6.07, 6.45) is 8.82. The Labute approximate surface area is 162 Å². The van der Waals surface area contributed by atoms with Crippen molar-refractivity contribution in [2.75, 3.05) is 18.0 Å². The fourth-order valence-electron chi connectivity index (χ4n) is 3.91. The van der Waals surface area contributed by atoms with Crippen LogP contribution < -0.4 is 4.90 Å². The lowest BCUT2D eigenvalue weighted by Crippen LogP contribution is -2.36. The summed E-state index contributed by atoms with van der Waals surface area (Å²) < 4.78 is 3.97.